The van der Waals surface area contributed by atoms with Gasteiger partial charge in [-0.05, 0) is 37.6 Å². The molecule has 1 aromatic carbocycles. The summed E-state index contributed by atoms with van der Waals surface area (Å²) in [5.41, 5.74) is 6.53. The van der Waals surface area contributed by atoms with Crippen LogP contribution in [0.25, 0.3) is 11.2 Å². The number of nitrogens with zero attached hydrogens (tertiary/aromatic N) is 3. The fourth-order valence-electron chi connectivity index (χ4n) is 4.53. The number of ketones is 1. The standard InChI is InChI=1S/C35H50N8O12/c1-24(44)8-10-50-12-14-52-16-18-54-20-21-55-19-17-53-15-13-51-11-9-37-29(45)7-6-28(34(48)49)41-32(46)25-2-4-26(5-3-25)38-22-27-23-39-31-30(40-27)33(47)43-35(36)42-31/h2-5,23,28,38H,6-22H2,1H3,(H,37,45)(H,41,46)(H,48,49)(H3,36,39,42,43,47)/t28-/m0/s1. The number of nitrogens with two attached hydrogens (primary N) is 1. The number of carbonyl (C=O) groups excluding carboxylic acids is 3. The van der Waals surface area contributed by atoms with Gasteiger partial charge in [0.2, 0.25) is 11.9 Å². The second-order valence-corrected chi connectivity index (χ2v) is 11.8. The number of ether oxygens (including phenoxy) is 6. The van der Waals surface area contributed by atoms with Gasteiger partial charge in [-0.3, -0.25) is 24.2 Å². The van der Waals surface area contributed by atoms with E-state index in [1.807, 2.05) is 0 Å². The highest BCUT2D eigenvalue weighted by Crippen LogP contribution is 2.12. The van der Waals surface area contributed by atoms with Crippen LogP contribution in [0.3, 0.4) is 0 Å². The molecule has 3 rings (SSSR count). The molecule has 2 amide bonds. The molecule has 1 atom stereocenters. The molecule has 0 unspecified atom stereocenters. The van der Waals surface area contributed by atoms with Crippen molar-refractivity contribution >= 4 is 46.4 Å². The van der Waals surface area contributed by atoms with E-state index < -0.39 is 23.5 Å². The van der Waals surface area contributed by atoms with Crippen LogP contribution in [-0.4, -0.2) is 140 Å². The van der Waals surface area contributed by atoms with Gasteiger partial charge in [0.05, 0.1) is 97.7 Å². The lowest BCUT2D eigenvalue weighted by molar-refractivity contribution is -0.139. The van der Waals surface area contributed by atoms with E-state index in [1.165, 1.54) is 25.3 Å². The first kappa shape index (κ1) is 44.3. The molecule has 20 nitrogen and oxygen atoms in total. The molecule has 0 aliphatic heterocycles. The summed E-state index contributed by atoms with van der Waals surface area (Å²) in [7, 11) is 0. The molecule has 0 aliphatic carbocycles. The van der Waals surface area contributed by atoms with Gasteiger partial charge in [0, 0.05) is 30.6 Å². The van der Waals surface area contributed by atoms with Gasteiger partial charge in [0.25, 0.3) is 11.5 Å². The van der Waals surface area contributed by atoms with Gasteiger partial charge >= 0.3 is 5.97 Å². The molecule has 2 aromatic heterocycles. The van der Waals surface area contributed by atoms with Gasteiger partial charge in [-0.15, -0.1) is 0 Å². The van der Waals surface area contributed by atoms with Crippen molar-refractivity contribution in [1.82, 2.24) is 30.6 Å². The zero-order chi connectivity index (χ0) is 39.7. The highest BCUT2D eigenvalue weighted by Gasteiger charge is 2.22. The maximum Gasteiger partial charge on any atom is 0.326 e. The second-order valence-electron chi connectivity index (χ2n) is 11.8. The number of Topliss-reactive ketones (excluding diaryl/α,β-unsaturated/α-hetero) is 1. The summed E-state index contributed by atoms with van der Waals surface area (Å²) in [5, 5.41) is 17.8. The van der Waals surface area contributed by atoms with Crippen LogP contribution in [0.2, 0.25) is 0 Å². The Bertz CT molecular complexity index is 1690. The zero-order valence-corrected chi connectivity index (χ0v) is 30.8. The molecule has 2 heterocycles. The van der Waals surface area contributed by atoms with Crippen molar-refractivity contribution in [1.29, 1.82) is 0 Å². The third-order valence-corrected chi connectivity index (χ3v) is 7.40. The SMILES string of the molecule is CC(=O)CCOCCOCCOCCOCCOCCOCCNC(=O)CC[C@H](NC(=O)c1ccc(NCc2cnc3nc(N)[nH]c(=O)c3n2)cc1)C(=O)O. The quantitative estimate of drug-likeness (QED) is 0.0489. The summed E-state index contributed by atoms with van der Waals surface area (Å²) in [6.07, 6.45) is 1.65. The van der Waals surface area contributed by atoms with Crippen molar-refractivity contribution in [3.05, 3.63) is 52.1 Å². The minimum Gasteiger partial charge on any atom is -0.480 e. The molecule has 0 spiro atoms. The number of fused-ring (bicyclic) bond motifs is 1. The molecular weight excluding hydrogens is 724 g/mol. The Morgan fingerprint density at radius 1 is 0.800 bits per heavy atom. The van der Waals surface area contributed by atoms with E-state index in [-0.39, 0.29) is 66.9 Å². The number of H-pyrrole nitrogens is 1. The minimum absolute atomic E-state index is 0.0529. The van der Waals surface area contributed by atoms with E-state index in [2.05, 4.69) is 35.9 Å². The molecule has 3 aromatic rings. The molecule has 55 heavy (non-hydrogen) atoms. The summed E-state index contributed by atoms with van der Waals surface area (Å²) < 4.78 is 32.3. The monoisotopic (exact) mass is 774 g/mol. The second kappa shape index (κ2) is 25.8. The average Bonchev–Trinajstić information content (AvgIpc) is 3.16. The first-order valence-electron chi connectivity index (χ1n) is 17.7. The molecule has 0 fully saturated rings. The van der Waals surface area contributed by atoms with E-state index >= 15 is 0 Å². The Balaban J connectivity index is 1.17. The van der Waals surface area contributed by atoms with Crippen molar-refractivity contribution in [2.24, 2.45) is 0 Å². The lowest BCUT2D eigenvalue weighted by Crippen LogP contribution is -2.41. The third-order valence-electron chi connectivity index (χ3n) is 7.40. The minimum atomic E-state index is -1.28. The molecule has 20 heteroatoms. The molecular formula is C35H50N8O12. The Hall–Kier alpha value is -5.12. The summed E-state index contributed by atoms with van der Waals surface area (Å²) >= 11 is 0. The maximum atomic E-state index is 12.7. The number of hydrogen-bond donors (Lipinski definition) is 6. The molecule has 0 bridgehead atoms. The first-order chi connectivity index (χ1) is 26.6. The number of nitrogen functional groups attached to an aromatic ring is 1. The number of anilines is 2. The number of carboxylic acids is 1. The molecule has 0 radical (unpaired) electrons. The van der Waals surface area contributed by atoms with Crippen molar-refractivity contribution in [2.75, 3.05) is 96.9 Å². The number of carboxylic acid groups (broad SMARTS) is 1. The van der Waals surface area contributed by atoms with E-state index in [4.69, 9.17) is 34.2 Å². The van der Waals surface area contributed by atoms with Gasteiger partial charge in [0.15, 0.2) is 11.2 Å². The Morgan fingerprint density at radius 3 is 1.93 bits per heavy atom. The van der Waals surface area contributed by atoms with Crippen molar-refractivity contribution in [3.63, 3.8) is 0 Å². The normalized spacial score (nSPS) is 11.7. The van der Waals surface area contributed by atoms with Crippen LogP contribution in [0, 0.1) is 0 Å². The zero-order valence-electron chi connectivity index (χ0n) is 30.8. The number of carbonyl (C=O) groups is 4. The number of aromatic amines is 1. The number of aliphatic carboxylic acids is 1. The average molecular weight is 775 g/mol. The number of amides is 2. The topological polar surface area (TPSA) is 278 Å². The Kier molecular flexibility index (Phi) is 20.8. The molecule has 302 valence electrons. The van der Waals surface area contributed by atoms with Gasteiger partial charge in [-0.2, -0.15) is 4.98 Å². The highest BCUT2D eigenvalue weighted by molar-refractivity contribution is 5.97. The van der Waals surface area contributed by atoms with Crippen LogP contribution in [0.4, 0.5) is 11.6 Å². The van der Waals surface area contributed by atoms with Gasteiger partial charge < -0.3 is 55.2 Å². The summed E-state index contributed by atoms with van der Waals surface area (Å²) in [6, 6.07) is 5.02. The van der Waals surface area contributed by atoms with Crippen LogP contribution in [0.5, 0.6) is 0 Å². The van der Waals surface area contributed by atoms with Gasteiger partial charge in [-0.1, -0.05) is 0 Å². The van der Waals surface area contributed by atoms with Crippen LogP contribution in [-0.2, 0) is 49.3 Å². The van der Waals surface area contributed by atoms with Crippen LogP contribution in [0.1, 0.15) is 42.2 Å². The van der Waals surface area contributed by atoms with Crippen molar-refractivity contribution in [2.45, 2.75) is 38.8 Å². The molecule has 0 saturated heterocycles. The van der Waals surface area contributed by atoms with Crippen LogP contribution >= 0.6 is 0 Å². The largest absolute Gasteiger partial charge is 0.480 e. The molecule has 0 aliphatic rings. The fourth-order valence-corrected chi connectivity index (χ4v) is 4.53. The Labute approximate surface area is 317 Å². The number of benzene rings is 1. The van der Waals surface area contributed by atoms with Crippen LogP contribution < -0.4 is 27.2 Å². The van der Waals surface area contributed by atoms with E-state index in [0.29, 0.717) is 90.5 Å². The van der Waals surface area contributed by atoms with Gasteiger partial charge in [0.1, 0.15) is 11.8 Å². The van der Waals surface area contributed by atoms with Gasteiger partial charge in [-0.25, -0.2) is 14.8 Å². The van der Waals surface area contributed by atoms with Crippen molar-refractivity contribution in [3.8, 4) is 0 Å². The number of rotatable bonds is 30. The number of hydrogen-bond acceptors (Lipinski definition) is 16. The lowest BCUT2D eigenvalue weighted by Gasteiger charge is -2.15. The van der Waals surface area contributed by atoms with Crippen LogP contribution in [0.15, 0.2) is 35.3 Å². The maximum absolute atomic E-state index is 12.7. The summed E-state index contributed by atoms with van der Waals surface area (Å²) in [5.74, 6) is -2.21. The summed E-state index contributed by atoms with van der Waals surface area (Å²) in [6.45, 7) is 6.71. The molecule has 7 N–H and O–H groups in total. The first-order valence-corrected chi connectivity index (χ1v) is 17.7. The number of nitrogens with one attached hydrogen (secondary N) is 4. The van der Waals surface area contributed by atoms with E-state index in [1.54, 1.807) is 12.1 Å². The van der Waals surface area contributed by atoms with E-state index in [0.717, 1.165) is 0 Å². The predicted octanol–water partition coefficient (Wildman–Crippen LogP) is 0.0655. The predicted molar refractivity (Wildman–Crippen MR) is 197 cm³/mol. The fraction of sp³-hybridized carbons (Fsp3) is 0.543. The lowest BCUT2D eigenvalue weighted by atomic mass is 10.1. The highest BCUT2D eigenvalue weighted by atomic mass is 16.6. The van der Waals surface area contributed by atoms with E-state index in [9.17, 15) is 29.1 Å². The van der Waals surface area contributed by atoms with Crippen molar-refractivity contribution < 1.29 is 52.7 Å². The molecule has 0 saturated carbocycles. The summed E-state index contributed by atoms with van der Waals surface area (Å²) in [4.78, 5) is 74.3. The number of aromatic nitrogens is 4. The third kappa shape index (κ3) is 18.7. The smallest absolute Gasteiger partial charge is 0.326 e. The Morgan fingerprint density at radius 2 is 1.36 bits per heavy atom.